The van der Waals surface area contributed by atoms with Crippen molar-refractivity contribution in [1.82, 2.24) is 20.1 Å². The molecule has 0 atom stereocenters. The summed E-state index contributed by atoms with van der Waals surface area (Å²) in [6, 6.07) is 4.58. The first kappa shape index (κ1) is 19.8. The zero-order chi connectivity index (χ0) is 20.1. The molecule has 10 heteroatoms. The topological polar surface area (TPSA) is 86.1 Å². The first-order chi connectivity index (χ1) is 13.3. The summed E-state index contributed by atoms with van der Waals surface area (Å²) in [5, 5.41) is 5.80. The quantitative estimate of drug-likeness (QED) is 0.811. The summed E-state index contributed by atoms with van der Waals surface area (Å²) in [5.41, 5.74) is -1.57. The summed E-state index contributed by atoms with van der Waals surface area (Å²) in [7, 11) is 0. The standard InChI is InChI=1S/C18H19F3N4O3/c19-18(20,21)14-6-8-16(26)25(24-14)10-9-22-17(27)12-5-7-15(23-11-12)28-13-3-1-2-4-13/h5-8,11,13H,1-4,9-10H2,(H,22,27). The largest absolute Gasteiger partial charge is 0.474 e. The molecule has 0 unspecified atom stereocenters. The van der Waals surface area contributed by atoms with Gasteiger partial charge in [-0.15, -0.1) is 0 Å². The number of hydrogen-bond donors (Lipinski definition) is 1. The van der Waals surface area contributed by atoms with Crippen LogP contribution in [0, 0.1) is 0 Å². The van der Waals surface area contributed by atoms with E-state index >= 15 is 0 Å². The summed E-state index contributed by atoms with van der Waals surface area (Å²) in [6.45, 7) is -0.252. The van der Waals surface area contributed by atoms with Crippen molar-refractivity contribution in [3.63, 3.8) is 0 Å². The van der Waals surface area contributed by atoms with Gasteiger partial charge in [-0.3, -0.25) is 9.59 Å². The molecule has 0 radical (unpaired) electrons. The number of hydrogen-bond acceptors (Lipinski definition) is 5. The molecule has 1 fully saturated rings. The van der Waals surface area contributed by atoms with Crippen molar-refractivity contribution in [2.24, 2.45) is 0 Å². The Hall–Kier alpha value is -2.91. The maximum Gasteiger partial charge on any atom is 0.435 e. The molecule has 0 aromatic carbocycles. The molecule has 3 rings (SSSR count). The number of carbonyl (C=O) groups is 1. The van der Waals surface area contributed by atoms with E-state index in [1.807, 2.05) is 0 Å². The minimum atomic E-state index is -4.65. The minimum absolute atomic E-state index is 0.0621. The molecule has 1 amide bonds. The molecule has 28 heavy (non-hydrogen) atoms. The predicted molar refractivity (Wildman–Crippen MR) is 93.0 cm³/mol. The van der Waals surface area contributed by atoms with E-state index in [1.54, 1.807) is 12.1 Å². The van der Waals surface area contributed by atoms with Gasteiger partial charge in [0.1, 0.15) is 6.10 Å². The van der Waals surface area contributed by atoms with Gasteiger partial charge in [0.15, 0.2) is 5.69 Å². The molecule has 1 N–H and O–H groups in total. The van der Waals surface area contributed by atoms with Crippen molar-refractivity contribution in [3.05, 3.63) is 52.1 Å². The highest BCUT2D eigenvalue weighted by molar-refractivity contribution is 5.93. The molecule has 0 spiro atoms. The lowest BCUT2D eigenvalue weighted by Crippen LogP contribution is -2.33. The average molecular weight is 396 g/mol. The number of amides is 1. The van der Waals surface area contributed by atoms with Crippen LogP contribution in [0.2, 0.25) is 0 Å². The van der Waals surface area contributed by atoms with E-state index < -0.39 is 23.3 Å². The van der Waals surface area contributed by atoms with E-state index in [1.165, 1.54) is 6.20 Å². The lowest BCUT2D eigenvalue weighted by atomic mass is 10.2. The Morgan fingerprint density at radius 3 is 2.61 bits per heavy atom. The van der Waals surface area contributed by atoms with Gasteiger partial charge >= 0.3 is 6.18 Å². The van der Waals surface area contributed by atoms with Crippen molar-refractivity contribution < 1.29 is 22.7 Å². The number of alkyl halides is 3. The summed E-state index contributed by atoms with van der Waals surface area (Å²) < 4.78 is 44.4. The zero-order valence-electron chi connectivity index (χ0n) is 14.9. The third-order valence-electron chi connectivity index (χ3n) is 4.35. The van der Waals surface area contributed by atoms with Gasteiger partial charge in [-0.05, 0) is 37.8 Å². The second kappa shape index (κ2) is 8.41. The Morgan fingerprint density at radius 1 is 1.21 bits per heavy atom. The van der Waals surface area contributed by atoms with Crippen LogP contribution in [-0.2, 0) is 12.7 Å². The number of halogens is 3. The van der Waals surface area contributed by atoms with Gasteiger partial charge in [-0.1, -0.05) is 0 Å². The fourth-order valence-electron chi connectivity index (χ4n) is 2.90. The van der Waals surface area contributed by atoms with Gasteiger partial charge in [0.25, 0.3) is 11.5 Å². The Balaban J connectivity index is 1.53. The summed E-state index contributed by atoms with van der Waals surface area (Å²) in [4.78, 5) is 27.8. The summed E-state index contributed by atoms with van der Waals surface area (Å²) in [5.74, 6) is -0.0110. The lowest BCUT2D eigenvalue weighted by molar-refractivity contribution is -0.142. The van der Waals surface area contributed by atoms with E-state index in [0.29, 0.717) is 16.6 Å². The Kier molecular flexibility index (Phi) is 5.96. The maximum absolute atomic E-state index is 12.7. The molecule has 150 valence electrons. The predicted octanol–water partition coefficient (Wildman–Crippen LogP) is 2.41. The minimum Gasteiger partial charge on any atom is -0.474 e. The SMILES string of the molecule is O=C(NCCn1nc(C(F)(F)F)ccc1=O)c1ccc(OC2CCCC2)nc1. The highest BCUT2D eigenvalue weighted by Gasteiger charge is 2.33. The molecule has 1 aliphatic rings. The second-order valence-electron chi connectivity index (χ2n) is 6.44. The van der Waals surface area contributed by atoms with Crippen LogP contribution < -0.4 is 15.6 Å². The lowest BCUT2D eigenvalue weighted by Gasteiger charge is -2.12. The van der Waals surface area contributed by atoms with Gasteiger partial charge < -0.3 is 10.1 Å². The van der Waals surface area contributed by atoms with Crippen molar-refractivity contribution in [2.75, 3.05) is 6.54 Å². The molecule has 2 aromatic heterocycles. The fraction of sp³-hybridized carbons (Fsp3) is 0.444. The van der Waals surface area contributed by atoms with E-state index in [2.05, 4.69) is 15.4 Å². The number of rotatable bonds is 6. The van der Waals surface area contributed by atoms with Crippen LogP contribution in [0.4, 0.5) is 13.2 Å². The van der Waals surface area contributed by atoms with E-state index in [9.17, 15) is 22.8 Å². The molecule has 1 saturated carbocycles. The van der Waals surface area contributed by atoms with Crippen LogP contribution in [0.5, 0.6) is 5.88 Å². The molecular weight excluding hydrogens is 377 g/mol. The molecule has 2 heterocycles. The highest BCUT2D eigenvalue weighted by Crippen LogP contribution is 2.26. The normalized spacial score (nSPS) is 14.8. The fourth-order valence-corrected chi connectivity index (χ4v) is 2.90. The Morgan fingerprint density at radius 2 is 1.96 bits per heavy atom. The van der Waals surface area contributed by atoms with Gasteiger partial charge in [0, 0.05) is 24.9 Å². The van der Waals surface area contributed by atoms with E-state index in [-0.39, 0.29) is 24.8 Å². The third kappa shape index (κ3) is 5.08. The molecule has 0 bridgehead atoms. The average Bonchev–Trinajstić information content (AvgIpc) is 3.16. The van der Waals surface area contributed by atoms with Crippen molar-refractivity contribution in [2.45, 2.75) is 44.5 Å². The number of aromatic nitrogens is 3. The molecule has 7 nitrogen and oxygen atoms in total. The summed E-state index contributed by atoms with van der Waals surface area (Å²) in [6.07, 6.45) is 1.13. The van der Waals surface area contributed by atoms with E-state index in [0.717, 1.165) is 31.7 Å². The molecular formula is C18H19F3N4O3. The van der Waals surface area contributed by atoms with E-state index in [4.69, 9.17) is 4.74 Å². The number of nitrogens with zero attached hydrogens (tertiary/aromatic N) is 3. The maximum atomic E-state index is 12.7. The molecule has 0 aliphatic heterocycles. The first-order valence-electron chi connectivity index (χ1n) is 8.89. The number of pyridine rings is 1. The molecule has 2 aromatic rings. The third-order valence-corrected chi connectivity index (χ3v) is 4.35. The van der Waals surface area contributed by atoms with Crippen LogP contribution in [-0.4, -0.2) is 33.3 Å². The van der Waals surface area contributed by atoms with Crippen LogP contribution in [0.3, 0.4) is 0 Å². The Bertz CT molecular complexity index is 875. The van der Waals surface area contributed by atoms with Gasteiger partial charge in [-0.2, -0.15) is 18.3 Å². The van der Waals surface area contributed by atoms with Crippen molar-refractivity contribution in [1.29, 1.82) is 0 Å². The highest BCUT2D eigenvalue weighted by atomic mass is 19.4. The van der Waals surface area contributed by atoms with Crippen LogP contribution >= 0.6 is 0 Å². The number of ether oxygens (including phenoxy) is 1. The van der Waals surface area contributed by atoms with Gasteiger partial charge in [-0.25, -0.2) is 9.67 Å². The second-order valence-corrected chi connectivity index (χ2v) is 6.44. The molecule has 0 saturated heterocycles. The zero-order valence-corrected chi connectivity index (χ0v) is 14.9. The van der Waals surface area contributed by atoms with Crippen molar-refractivity contribution >= 4 is 5.91 Å². The van der Waals surface area contributed by atoms with Crippen LogP contribution in [0.25, 0.3) is 0 Å². The van der Waals surface area contributed by atoms with Crippen LogP contribution in [0.1, 0.15) is 41.7 Å². The number of carbonyl (C=O) groups excluding carboxylic acids is 1. The monoisotopic (exact) mass is 396 g/mol. The van der Waals surface area contributed by atoms with Gasteiger partial charge in [0.2, 0.25) is 5.88 Å². The Labute approximate surface area is 158 Å². The van der Waals surface area contributed by atoms with Crippen LogP contribution in [0.15, 0.2) is 35.3 Å². The smallest absolute Gasteiger partial charge is 0.435 e. The number of nitrogens with one attached hydrogen (secondary N) is 1. The van der Waals surface area contributed by atoms with Crippen molar-refractivity contribution in [3.8, 4) is 5.88 Å². The summed E-state index contributed by atoms with van der Waals surface area (Å²) >= 11 is 0. The first-order valence-corrected chi connectivity index (χ1v) is 8.89. The van der Waals surface area contributed by atoms with Gasteiger partial charge in [0.05, 0.1) is 12.1 Å². The molecule has 1 aliphatic carbocycles.